The third-order valence-corrected chi connectivity index (χ3v) is 4.15. The topological polar surface area (TPSA) is 35.6 Å². The minimum atomic E-state index is 0.0665. The number of hydrogen-bond acceptors (Lipinski definition) is 3. The summed E-state index contributed by atoms with van der Waals surface area (Å²) < 4.78 is 0. The zero-order valence-electron chi connectivity index (χ0n) is 13.0. The largest absolute Gasteiger partial charge is 0.385 e. The number of benzene rings is 1. The van der Waals surface area contributed by atoms with Crippen molar-refractivity contribution in [2.75, 3.05) is 38.0 Å². The highest BCUT2D eigenvalue weighted by Gasteiger charge is 2.24. The first-order valence-corrected chi connectivity index (χ1v) is 7.97. The van der Waals surface area contributed by atoms with Crippen LogP contribution < -0.4 is 5.32 Å². The maximum Gasteiger partial charge on any atom is 0.256 e. The maximum absolute atomic E-state index is 12.7. The van der Waals surface area contributed by atoms with Crippen molar-refractivity contribution in [3.63, 3.8) is 0 Å². The van der Waals surface area contributed by atoms with Crippen molar-refractivity contribution in [3.05, 3.63) is 28.8 Å². The molecule has 0 aromatic heterocycles. The minimum absolute atomic E-state index is 0.0665. The van der Waals surface area contributed by atoms with E-state index in [1.165, 1.54) is 0 Å². The van der Waals surface area contributed by atoms with E-state index in [1.807, 2.05) is 24.0 Å². The van der Waals surface area contributed by atoms with Crippen LogP contribution in [0.2, 0.25) is 5.02 Å². The molecular formula is C16H24ClN3O. The normalized spacial score (nSPS) is 16.3. The summed E-state index contributed by atoms with van der Waals surface area (Å²) in [7, 11) is 0. The number of amides is 1. The van der Waals surface area contributed by atoms with Gasteiger partial charge in [0.05, 0.1) is 5.56 Å². The summed E-state index contributed by atoms with van der Waals surface area (Å²) in [5.74, 6) is 0.0665. The van der Waals surface area contributed by atoms with Gasteiger partial charge in [0.15, 0.2) is 0 Å². The van der Waals surface area contributed by atoms with Gasteiger partial charge in [-0.3, -0.25) is 9.69 Å². The van der Waals surface area contributed by atoms with E-state index in [-0.39, 0.29) is 5.91 Å². The number of carbonyl (C=O) groups excluding carboxylic acids is 1. The summed E-state index contributed by atoms with van der Waals surface area (Å²) in [6.45, 7) is 10.6. The number of hydrogen-bond donors (Lipinski definition) is 1. The third kappa shape index (κ3) is 3.89. The Kier molecular flexibility index (Phi) is 5.48. The molecule has 0 bridgehead atoms. The Morgan fingerprint density at radius 1 is 1.29 bits per heavy atom. The molecule has 1 saturated heterocycles. The Morgan fingerprint density at radius 3 is 2.52 bits per heavy atom. The van der Waals surface area contributed by atoms with Crippen LogP contribution in [0.15, 0.2) is 18.2 Å². The van der Waals surface area contributed by atoms with Crippen molar-refractivity contribution in [1.29, 1.82) is 0 Å². The highest BCUT2D eigenvalue weighted by molar-refractivity contribution is 6.31. The molecule has 2 rings (SSSR count). The number of rotatable bonds is 4. The molecule has 116 valence electrons. The Bertz CT molecular complexity index is 496. The fourth-order valence-electron chi connectivity index (χ4n) is 2.65. The van der Waals surface area contributed by atoms with Gasteiger partial charge in [0, 0.05) is 49.5 Å². The second-order valence-electron chi connectivity index (χ2n) is 5.64. The van der Waals surface area contributed by atoms with Gasteiger partial charge in [-0.2, -0.15) is 0 Å². The van der Waals surface area contributed by atoms with Crippen LogP contribution in [0.25, 0.3) is 0 Å². The van der Waals surface area contributed by atoms with Gasteiger partial charge in [-0.1, -0.05) is 11.6 Å². The standard InChI is InChI=1S/C16H24ClN3O/c1-4-18-15-6-5-13(17)11-14(15)16(21)20-9-7-19(8-10-20)12(2)3/h5-6,11-12,18H,4,7-10H2,1-3H3. The van der Waals surface area contributed by atoms with E-state index in [4.69, 9.17) is 11.6 Å². The molecule has 1 aromatic carbocycles. The molecule has 21 heavy (non-hydrogen) atoms. The first kappa shape index (κ1) is 16.1. The fraction of sp³-hybridized carbons (Fsp3) is 0.562. The minimum Gasteiger partial charge on any atom is -0.385 e. The Balaban J connectivity index is 2.12. The lowest BCUT2D eigenvalue weighted by Crippen LogP contribution is -2.50. The molecule has 0 atom stereocenters. The lowest BCUT2D eigenvalue weighted by Gasteiger charge is -2.37. The molecule has 0 aliphatic carbocycles. The number of anilines is 1. The van der Waals surface area contributed by atoms with Gasteiger partial charge in [0.25, 0.3) is 5.91 Å². The molecule has 0 saturated carbocycles. The third-order valence-electron chi connectivity index (χ3n) is 3.91. The average Bonchev–Trinajstić information content (AvgIpc) is 2.48. The first-order chi connectivity index (χ1) is 10.0. The van der Waals surface area contributed by atoms with Crippen LogP contribution in [0.5, 0.6) is 0 Å². The lowest BCUT2D eigenvalue weighted by molar-refractivity contribution is 0.0596. The van der Waals surface area contributed by atoms with Gasteiger partial charge in [0.1, 0.15) is 0 Å². The molecule has 4 nitrogen and oxygen atoms in total. The summed E-state index contributed by atoms with van der Waals surface area (Å²) in [4.78, 5) is 17.1. The van der Waals surface area contributed by atoms with Crippen LogP contribution in [-0.2, 0) is 0 Å². The second-order valence-corrected chi connectivity index (χ2v) is 6.08. The molecule has 1 heterocycles. The Labute approximate surface area is 132 Å². The van der Waals surface area contributed by atoms with Crippen molar-refractivity contribution in [1.82, 2.24) is 9.80 Å². The predicted molar refractivity (Wildman–Crippen MR) is 88.2 cm³/mol. The predicted octanol–water partition coefficient (Wildman–Crippen LogP) is 2.94. The molecule has 0 unspecified atom stereocenters. The van der Waals surface area contributed by atoms with Crippen LogP contribution in [-0.4, -0.2) is 54.5 Å². The maximum atomic E-state index is 12.7. The van der Waals surface area contributed by atoms with E-state index in [0.717, 1.165) is 38.4 Å². The van der Waals surface area contributed by atoms with Gasteiger partial charge < -0.3 is 10.2 Å². The quantitative estimate of drug-likeness (QED) is 0.929. The molecule has 0 spiro atoms. The summed E-state index contributed by atoms with van der Waals surface area (Å²) in [5, 5.41) is 3.83. The zero-order valence-corrected chi connectivity index (χ0v) is 13.8. The van der Waals surface area contributed by atoms with E-state index in [1.54, 1.807) is 6.07 Å². The van der Waals surface area contributed by atoms with Gasteiger partial charge in [-0.05, 0) is 39.0 Å². The summed E-state index contributed by atoms with van der Waals surface area (Å²) in [5.41, 5.74) is 1.53. The van der Waals surface area contributed by atoms with E-state index in [9.17, 15) is 4.79 Å². The van der Waals surface area contributed by atoms with Gasteiger partial charge in [-0.15, -0.1) is 0 Å². The molecule has 1 aromatic rings. The Morgan fingerprint density at radius 2 is 1.95 bits per heavy atom. The van der Waals surface area contributed by atoms with E-state index in [2.05, 4.69) is 24.1 Å². The zero-order chi connectivity index (χ0) is 15.4. The molecule has 1 aliphatic heterocycles. The molecule has 5 heteroatoms. The summed E-state index contributed by atoms with van der Waals surface area (Å²) in [6.07, 6.45) is 0. The molecule has 0 radical (unpaired) electrons. The van der Waals surface area contributed by atoms with Crippen LogP contribution in [0.3, 0.4) is 0 Å². The monoisotopic (exact) mass is 309 g/mol. The van der Waals surface area contributed by atoms with E-state index in [0.29, 0.717) is 16.6 Å². The molecular weight excluding hydrogens is 286 g/mol. The van der Waals surface area contributed by atoms with Crippen LogP contribution in [0.1, 0.15) is 31.1 Å². The van der Waals surface area contributed by atoms with Crippen molar-refractivity contribution >= 4 is 23.2 Å². The smallest absolute Gasteiger partial charge is 0.256 e. The first-order valence-electron chi connectivity index (χ1n) is 7.59. The van der Waals surface area contributed by atoms with E-state index >= 15 is 0 Å². The Hall–Kier alpha value is -1.26. The number of nitrogens with one attached hydrogen (secondary N) is 1. The van der Waals surface area contributed by atoms with Gasteiger partial charge in [-0.25, -0.2) is 0 Å². The average molecular weight is 310 g/mol. The van der Waals surface area contributed by atoms with Crippen molar-refractivity contribution in [3.8, 4) is 0 Å². The fourth-order valence-corrected chi connectivity index (χ4v) is 2.82. The van der Waals surface area contributed by atoms with Gasteiger partial charge in [0.2, 0.25) is 0 Å². The number of carbonyl (C=O) groups is 1. The van der Waals surface area contributed by atoms with Crippen LogP contribution in [0, 0.1) is 0 Å². The van der Waals surface area contributed by atoms with Crippen LogP contribution in [0.4, 0.5) is 5.69 Å². The van der Waals surface area contributed by atoms with Crippen molar-refractivity contribution < 1.29 is 4.79 Å². The van der Waals surface area contributed by atoms with E-state index < -0.39 is 0 Å². The number of piperazine rings is 1. The summed E-state index contributed by atoms with van der Waals surface area (Å²) in [6, 6.07) is 5.98. The van der Waals surface area contributed by atoms with Gasteiger partial charge >= 0.3 is 0 Å². The lowest BCUT2D eigenvalue weighted by atomic mass is 10.1. The summed E-state index contributed by atoms with van der Waals surface area (Å²) >= 11 is 6.06. The van der Waals surface area contributed by atoms with Crippen molar-refractivity contribution in [2.24, 2.45) is 0 Å². The second kappa shape index (κ2) is 7.14. The van der Waals surface area contributed by atoms with Crippen molar-refractivity contribution in [2.45, 2.75) is 26.8 Å². The SMILES string of the molecule is CCNc1ccc(Cl)cc1C(=O)N1CCN(C(C)C)CC1. The van der Waals surface area contributed by atoms with Crippen LogP contribution >= 0.6 is 11.6 Å². The highest BCUT2D eigenvalue weighted by Crippen LogP contribution is 2.23. The molecule has 1 fully saturated rings. The number of halogens is 1. The molecule has 1 aliphatic rings. The molecule has 1 N–H and O–H groups in total. The molecule has 1 amide bonds. The number of nitrogens with zero attached hydrogens (tertiary/aromatic N) is 2. The highest BCUT2D eigenvalue weighted by atomic mass is 35.5.